The van der Waals surface area contributed by atoms with Gasteiger partial charge in [0.25, 0.3) is 0 Å². The van der Waals surface area contributed by atoms with Crippen molar-refractivity contribution in [3.63, 3.8) is 0 Å². The van der Waals surface area contributed by atoms with Crippen LogP contribution in [-0.2, 0) is 4.79 Å². The molecular weight excluding hydrogens is 232 g/mol. The number of amides is 2. The van der Waals surface area contributed by atoms with Crippen LogP contribution in [0.2, 0.25) is 0 Å². The van der Waals surface area contributed by atoms with Gasteiger partial charge in [-0.3, -0.25) is 4.79 Å². The van der Waals surface area contributed by atoms with E-state index in [0.717, 1.165) is 6.42 Å². The summed E-state index contributed by atoms with van der Waals surface area (Å²) in [7, 11) is 0. The van der Waals surface area contributed by atoms with Gasteiger partial charge in [0.05, 0.1) is 6.42 Å². The lowest BCUT2D eigenvalue weighted by atomic mass is 10.1. The number of carbonyl (C=O) groups is 2. The normalized spacial score (nSPS) is 13.2. The van der Waals surface area contributed by atoms with Gasteiger partial charge in [-0.15, -0.1) is 12.3 Å². The molecule has 0 fully saturated rings. The lowest BCUT2D eigenvalue weighted by Gasteiger charge is -2.29. The van der Waals surface area contributed by atoms with Crippen molar-refractivity contribution in [2.75, 3.05) is 6.54 Å². The predicted octanol–water partition coefficient (Wildman–Crippen LogP) is 1.68. The molecule has 102 valence electrons. The predicted molar refractivity (Wildman–Crippen MR) is 70.2 cm³/mol. The van der Waals surface area contributed by atoms with E-state index in [1.54, 1.807) is 6.92 Å². The Labute approximate surface area is 109 Å². The van der Waals surface area contributed by atoms with Crippen LogP contribution in [-0.4, -0.2) is 40.6 Å². The van der Waals surface area contributed by atoms with Gasteiger partial charge < -0.3 is 15.3 Å². The van der Waals surface area contributed by atoms with Gasteiger partial charge in [-0.2, -0.15) is 0 Å². The molecule has 0 aliphatic rings. The molecule has 5 nitrogen and oxygen atoms in total. The number of hydrogen-bond acceptors (Lipinski definition) is 2. The number of rotatable bonds is 7. The number of urea groups is 1. The summed E-state index contributed by atoms with van der Waals surface area (Å²) in [6.07, 6.45) is 6.39. The van der Waals surface area contributed by atoms with E-state index >= 15 is 0 Å². The molecule has 0 aromatic carbocycles. The van der Waals surface area contributed by atoms with Crippen LogP contribution < -0.4 is 5.32 Å². The highest BCUT2D eigenvalue weighted by Crippen LogP contribution is 2.06. The van der Waals surface area contributed by atoms with E-state index in [0.29, 0.717) is 13.0 Å². The summed E-state index contributed by atoms with van der Waals surface area (Å²) in [6.45, 7) is 5.95. The molecule has 0 heterocycles. The van der Waals surface area contributed by atoms with E-state index < -0.39 is 5.97 Å². The third kappa shape index (κ3) is 5.58. The average Bonchev–Trinajstić information content (AvgIpc) is 2.28. The summed E-state index contributed by atoms with van der Waals surface area (Å²) in [5, 5.41) is 11.6. The Morgan fingerprint density at radius 3 is 2.44 bits per heavy atom. The zero-order valence-corrected chi connectivity index (χ0v) is 11.3. The third-order valence-electron chi connectivity index (χ3n) is 2.79. The van der Waals surface area contributed by atoms with Gasteiger partial charge in [0.15, 0.2) is 0 Å². The van der Waals surface area contributed by atoms with E-state index in [4.69, 9.17) is 11.5 Å². The fourth-order valence-electron chi connectivity index (χ4n) is 1.72. The minimum absolute atomic E-state index is 0.0615. The van der Waals surface area contributed by atoms with Crippen molar-refractivity contribution in [1.29, 1.82) is 0 Å². The van der Waals surface area contributed by atoms with Crippen molar-refractivity contribution in [3.05, 3.63) is 0 Å². The van der Waals surface area contributed by atoms with Crippen LogP contribution in [0.3, 0.4) is 0 Å². The molecule has 0 saturated carbocycles. The summed E-state index contributed by atoms with van der Waals surface area (Å²) in [5.41, 5.74) is 0. The van der Waals surface area contributed by atoms with Crippen LogP contribution in [0.25, 0.3) is 0 Å². The molecule has 0 aromatic rings. The highest BCUT2D eigenvalue weighted by atomic mass is 16.4. The van der Waals surface area contributed by atoms with Crippen LogP contribution in [0.15, 0.2) is 0 Å². The molecule has 0 aliphatic heterocycles. The SMILES string of the molecule is C#CCC(CC)NC(=O)N(CC)C(C)CC(=O)O. The number of nitrogens with zero attached hydrogens (tertiary/aromatic N) is 1. The van der Waals surface area contributed by atoms with Gasteiger partial charge in [-0.05, 0) is 20.3 Å². The summed E-state index contributed by atoms with van der Waals surface area (Å²) in [6, 6.07) is -0.655. The Balaban J connectivity index is 4.51. The van der Waals surface area contributed by atoms with Gasteiger partial charge in [-0.25, -0.2) is 4.79 Å². The number of aliphatic carboxylic acids is 1. The number of nitrogens with one attached hydrogen (secondary N) is 1. The molecule has 0 radical (unpaired) electrons. The maximum Gasteiger partial charge on any atom is 0.317 e. The minimum atomic E-state index is -0.913. The van der Waals surface area contributed by atoms with Crippen molar-refractivity contribution < 1.29 is 14.7 Å². The molecule has 5 heteroatoms. The maximum atomic E-state index is 12.0. The van der Waals surface area contributed by atoms with E-state index in [9.17, 15) is 9.59 Å². The van der Waals surface area contributed by atoms with Crippen molar-refractivity contribution in [3.8, 4) is 12.3 Å². The number of terminal acetylenes is 1. The van der Waals surface area contributed by atoms with Crippen molar-refractivity contribution in [2.24, 2.45) is 0 Å². The number of carbonyl (C=O) groups excluding carboxylic acids is 1. The number of hydrogen-bond donors (Lipinski definition) is 2. The van der Waals surface area contributed by atoms with Gasteiger partial charge in [0.1, 0.15) is 0 Å². The van der Waals surface area contributed by atoms with Gasteiger partial charge in [0.2, 0.25) is 0 Å². The average molecular weight is 254 g/mol. The molecule has 2 N–H and O–H groups in total. The first-order chi connectivity index (χ1) is 8.46. The summed E-state index contributed by atoms with van der Waals surface area (Å²) in [4.78, 5) is 24.2. The lowest BCUT2D eigenvalue weighted by Crippen LogP contribution is -2.48. The molecular formula is C13H22N2O3. The molecule has 0 bridgehead atoms. The van der Waals surface area contributed by atoms with Crippen molar-refractivity contribution in [2.45, 2.75) is 52.1 Å². The lowest BCUT2D eigenvalue weighted by molar-refractivity contribution is -0.138. The van der Waals surface area contributed by atoms with Gasteiger partial charge in [-0.1, -0.05) is 6.92 Å². The zero-order chi connectivity index (χ0) is 14.1. The smallest absolute Gasteiger partial charge is 0.317 e. The fraction of sp³-hybridized carbons (Fsp3) is 0.692. The topological polar surface area (TPSA) is 69.6 Å². The van der Waals surface area contributed by atoms with Crippen LogP contribution in [0.1, 0.15) is 40.0 Å². The van der Waals surface area contributed by atoms with E-state index in [1.807, 2.05) is 13.8 Å². The molecule has 0 saturated heterocycles. The first-order valence-electron chi connectivity index (χ1n) is 6.18. The second-order valence-corrected chi connectivity index (χ2v) is 4.20. The second kappa shape index (κ2) is 8.40. The molecule has 2 amide bonds. The largest absolute Gasteiger partial charge is 0.481 e. The number of carboxylic acids is 1. The highest BCUT2D eigenvalue weighted by Gasteiger charge is 2.22. The molecule has 0 aromatic heterocycles. The molecule has 2 atom stereocenters. The molecule has 0 aliphatic carbocycles. The zero-order valence-electron chi connectivity index (χ0n) is 11.3. The molecule has 0 rings (SSSR count). The minimum Gasteiger partial charge on any atom is -0.481 e. The van der Waals surface area contributed by atoms with E-state index in [-0.39, 0.29) is 24.5 Å². The summed E-state index contributed by atoms with van der Waals surface area (Å²) in [5.74, 6) is 1.60. The quantitative estimate of drug-likeness (QED) is 0.679. The number of carboxylic acid groups (broad SMARTS) is 1. The van der Waals surface area contributed by atoms with Crippen LogP contribution in [0.5, 0.6) is 0 Å². The Hall–Kier alpha value is -1.70. The first kappa shape index (κ1) is 16.3. The molecule has 2 unspecified atom stereocenters. The van der Waals surface area contributed by atoms with Crippen molar-refractivity contribution >= 4 is 12.0 Å². The summed E-state index contributed by atoms with van der Waals surface area (Å²) < 4.78 is 0. The van der Waals surface area contributed by atoms with E-state index in [1.165, 1.54) is 4.90 Å². The fourth-order valence-corrected chi connectivity index (χ4v) is 1.72. The highest BCUT2D eigenvalue weighted by molar-refractivity contribution is 5.76. The Morgan fingerprint density at radius 2 is 2.06 bits per heavy atom. The summed E-state index contributed by atoms with van der Waals surface area (Å²) >= 11 is 0. The van der Waals surface area contributed by atoms with Crippen LogP contribution in [0.4, 0.5) is 4.79 Å². The third-order valence-corrected chi connectivity index (χ3v) is 2.79. The Bertz CT molecular complexity index is 323. The maximum absolute atomic E-state index is 12.0. The molecule has 0 spiro atoms. The monoisotopic (exact) mass is 254 g/mol. The standard InChI is InChI=1S/C13H22N2O3/c1-5-8-11(6-2)14-13(18)15(7-3)10(4)9-12(16)17/h1,10-11H,6-9H2,2-4H3,(H,14,18)(H,16,17). The first-order valence-corrected chi connectivity index (χ1v) is 6.18. The van der Waals surface area contributed by atoms with Gasteiger partial charge >= 0.3 is 12.0 Å². The Kier molecular flexibility index (Phi) is 7.61. The van der Waals surface area contributed by atoms with Gasteiger partial charge in [0, 0.05) is 25.0 Å². The van der Waals surface area contributed by atoms with E-state index in [2.05, 4.69) is 11.2 Å². The van der Waals surface area contributed by atoms with Crippen LogP contribution >= 0.6 is 0 Å². The van der Waals surface area contributed by atoms with Crippen LogP contribution in [0, 0.1) is 12.3 Å². The Morgan fingerprint density at radius 1 is 1.44 bits per heavy atom. The van der Waals surface area contributed by atoms with Crippen molar-refractivity contribution in [1.82, 2.24) is 10.2 Å². The molecule has 18 heavy (non-hydrogen) atoms. The second-order valence-electron chi connectivity index (χ2n) is 4.20.